The Hall–Kier alpha value is 0.210. The number of rotatable bonds is 1. The molecule has 1 saturated heterocycles. The molecular weight excluding hydrogens is 126 g/mol. The summed E-state index contributed by atoms with van der Waals surface area (Å²) in [5, 5.41) is 8.49. The van der Waals surface area contributed by atoms with Crippen LogP contribution in [0.5, 0.6) is 0 Å². The Bertz CT molecular complexity index is 54.4. The van der Waals surface area contributed by atoms with Gasteiger partial charge in [0.25, 0.3) is 0 Å². The summed E-state index contributed by atoms with van der Waals surface area (Å²) in [7, 11) is 0. The van der Waals surface area contributed by atoms with Crippen LogP contribution in [0.25, 0.3) is 0 Å². The average Bonchev–Trinajstić information content (AvgIpc) is 2.14. The minimum atomic E-state index is 0. The van der Waals surface area contributed by atoms with Gasteiger partial charge in [-0.05, 0) is 12.8 Å². The Morgan fingerprint density at radius 3 is 2.00 bits per heavy atom. The van der Waals surface area contributed by atoms with Gasteiger partial charge in [-0.1, -0.05) is 0 Å². The molecule has 8 heavy (non-hydrogen) atoms. The molecule has 50 valence electrons. The molecule has 1 aliphatic rings. The zero-order valence-corrected chi connectivity index (χ0v) is 5.65. The summed E-state index contributed by atoms with van der Waals surface area (Å²) in [6.07, 6.45) is 2.53. The van der Waals surface area contributed by atoms with Crippen LogP contribution in [0.15, 0.2) is 0 Å². The minimum Gasteiger partial charge on any atom is -0.381 e. The summed E-state index contributed by atoms with van der Waals surface area (Å²) in [5.74, 6) is 0. The van der Waals surface area contributed by atoms with Gasteiger partial charge in [-0.3, -0.25) is 4.90 Å². The first-order valence-corrected chi connectivity index (χ1v) is 2.76. The monoisotopic (exact) mass is 137 g/mol. The number of nitrogens with zero attached hydrogens (tertiary/aromatic N) is 1. The zero-order valence-electron chi connectivity index (χ0n) is 4.84. The molecule has 1 aliphatic heterocycles. The predicted molar refractivity (Wildman–Crippen MR) is 35.1 cm³/mol. The quantitative estimate of drug-likeness (QED) is 0.568. The van der Waals surface area contributed by atoms with Crippen molar-refractivity contribution in [2.45, 2.75) is 12.8 Å². The van der Waals surface area contributed by atoms with Crippen LogP contribution in [-0.4, -0.2) is 29.8 Å². The smallest absolute Gasteiger partial charge is 0.0956 e. The van der Waals surface area contributed by atoms with Crippen LogP contribution in [0.1, 0.15) is 12.8 Å². The van der Waals surface area contributed by atoms with E-state index in [0.717, 1.165) is 13.1 Å². The van der Waals surface area contributed by atoms with Gasteiger partial charge in [-0.15, -0.1) is 12.4 Å². The fourth-order valence-electron chi connectivity index (χ4n) is 0.924. The summed E-state index contributed by atoms with van der Waals surface area (Å²) < 4.78 is 0. The fourth-order valence-corrected chi connectivity index (χ4v) is 0.924. The Balaban J connectivity index is 0.000000490. The highest BCUT2D eigenvalue weighted by molar-refractivity contribution is 5.85. The molecule has 0 spiro atoms. The lowest BCUT2D eigenvalue weighted by Crippen LogP contribution is -2.19. The third-order valence-corrected chi connectivity index (χ3v) is 1.40. The number of aliphatic hydroxyl groups is 1. The van der Waals surface area contributed by atoms with Crippen molar-refractivity contribution in [1.29, 1.82) is 0 Å². The first-order chi connectivity index (χ1) is 3.43. The lowest BCUT2D eigenvalue weighted by atomic mass is 10.4. The van der Waals surface area contributed by atoms with E-state index in [9.17, 15) is 0 Å². The zero-order chi connectivity index (χ0) is 5.11. The van der Waals surface area contributed by atoms with E-state index in [1.54, 1.807) is 0 Å². The van der Waals surface area contributed by atoms with Gasteiger partial charge in [0, 0.05) is 13.1 Å². The summed E-state index contributed by atoms with van der Waals surface area (Å²) in [5.41, 5.74) is 0. The number of hydrogen-bond donors (Lipinski definition) is 1. The van der Waals surface area contributed by atoms with Crippen molar-refractivity contribution in [3.8, 4) is 0 Å². The number of likely N-dealkylation sites (tertiary alicyclic amines) is 1. The molecule has 3 heteroatoms. The molecule has 0 atom stereocenters. The number of halogens is 1. The molecule has 2 nitrogen and oxygen atoms in total. The van der Waals surface area contributed by atoms with E-state index in [1.807, 2.05) is 4.90 Å². The number of hydrogen-bond acceptors (Lipinski definition) is 2. The standard InChI is InChI=1S/C5H11NO.ClH/c7-5-6-3-1-2-4-6;/h7H,1-5H2;1H. The largest absolute Gasteiger partial charge is 0.381 e. The van der Waals surface area contributed by atoms with Crippen molar-refractivity contribution >= 4 is 12.4 Å². The van der Waals surface area contributed by atoms with Crippen LogP contribution >= 0.6 is 12.4 Å². The maximum Gasteiger partial charge on any atom is 0.0956 e. The highest BCUT2D eigenvalue weighted by Gasteiger charge is 2.07. The van der Waals surface area contributed by atoms with Crippen molar-refractivity contribution in [1.82, 2.24) is 4.90 Å². The van der Waals surface area contributed by atoms with E-state index in [2.05, 4.69) is 0 Å². The highest BCUT2D eigenvalue weighted by atomic mass is 35.5. The third kappa shape index (κ3) is 1.99. The van der Waals surface area contributed by atoms with Crippen LogP contribution in [0.2, 0.25) is 0 Å². The van der Waals surface area contributed by atoms with Gasteiger partial charge in [0.2, 0.25) is 0 Å². The minimum absolute atomic E-state index is 0. The van der Waals surface area contributed by atoms with Crippen LogP contribution in [0.4, 0.5) is 0 Å². The summed E-state index contributed by atoms with van der Waals surface area (Å²) in [4.78, 5) is 2.04. The molecular formula is C5H12ClNO. The van der Waals surface area contributed by atoms with E-state index < -0.39 is 0 Å². The lowest BCUT2D eigenvalue weighted by molar-refractivity contribution is 0.132. The van der Waals surface area contributed by atoms with Gasteiger partial charge in [-0.2, -0.15) is 0 Å². The molecule has 1 heterocycles. The SMILES string of the molecule is Cl.OCN1CCCC1. The summed E-state index contributed by atoms with van der Waals surface area (Å²) in [6.45, 7) is 2.44. The third-order valence-electron chi connectivity index (χ3n) is 1.40. The molecule has 0 aromatic rings. The van der Waals surface area contributed by atoms with Crippen molar-refractivity contribution in [3.63, 3.8) is 0 Å². The van der Waals surface area contributed by atoms with Gasteiger partial charge in [-0.25, -0.2) is 0 Å². The molecule has 1 N–H and O–H groups in total. The molecule has 0 aromatic heterocycles. The van der Waals surface area contributed by atoms with Crippen molar-refractivity contribution in [3.05, 3.63) is 0 Å². The van der Waals surface area contributed by atoms with E-state index in [4.69, 9.17) is 5.11 Å². The maximum atomic E-state index is 8.49. The second-order valence-electron chi connectivity index (χ2n) is 1.97. The van der Waals surface area contributed by atoms with Crippen LogP contribution < -0.4 is 0 Å². The molecule has 0 aromatic carbocycles. The van der Waals surface area contributed by atoms with Crippen molar-refractivity contribution in [2.75, 3.05) is 19.8 Å². The molecule has 0 unspecified atom stereocenters. The van der Waals surface area contributed by atoms with Crippen molar-refractivity contribution in [2.24, 2.45) is 0 Å². The molecule has 0 saturated carbocycles. The Morgan fingerprint density at radius 2 is 1.75 bits per heavy atom. The van der Waals surface area contributed by atoms with E-state index in [-0.39, 0.29) is 19.1 Å². The first-order valence-electron chi connectivity index (χ1n) is 2.76. The molecule has 1 fully saturated rings. The molecule has 0 radical (unpaired) electrons. The summed E-state index contributed by atoms with van der Waals surface area (Å²) >= 11 is 0. The lowest BCUT2D eigenvalue weighted by Gasteiger charge is -2.07. The van der Waals surface area contributed by atoms with Gasteiger partial charge < -0.3 is 5.11 Å². The molecule has 0 amide bonds. The molecule has 0 bridgehead atoms. The summed E-state index contributed by atoms with van der Waals surface area (Å²) in [6, 6.07) is 0. The Kier molecular flexibility index (Phi) is 4.23. The second-order valence-corrected chi connectivity index (χ2v) is 1.97. The van der Waals surface area contributed by atoms with E-state index in [1.165, 1.54) is 12.8 Å². The van der Waals surface area contributed by atoms with E-state index >= 15 is 0 Å². The number of aliphatic hydroxyl groups excluding tert-OH is 1. The predicted octanol–water partition coefficient (Wildman–Crippen LogP) is 0.454. The van der Waals surface area contributed by atoms with Crippen LogP contribution in [0.3, 0.4) is 0 Å². The highest BCUT2D eigenvalue weighted by Crippen LogP contribution is 2.04. The molecule has 0 aliphatic carbocycles. The van der Waals surface area contributed by atoms with Gasteiger partial charge in [0.05, 0.1) is 6.73 Å². The maximum absolute atomic E-state index is 8.49. The van der Waals surface area contributed by atoms with E-state index in [0.29, 0.717) is 0 Å². The van der Waals surface area contributed by atoms with Gasteiger partial charge in [0.1, 0.15) is 0 Å². The molecule has 1 rings (SSSR count). The van der Waals surface area contributed by atoms with Crippen molar-refractivity contribution < 1.29 is 5.11 Å². The van der Waals surface area contributed by atoms with Gasteiger partial charge in [0.15, 0.2) is 0 Å². The van der Waals surface area contributed by atoms with Crippen LogP contribution in [-0.2, 0) is 0 Å². The first kappa shape index (κ1) is 8.21. The average molecular weight is 138 g/mol. The Labute approximate surface area is 55.9 Å². The topological polar surface area (TPSA) is 23.5 Å². The normalized spacial score (nSPS) is 20.6. The Morgan fingerprint density at radius 1 is 1.25 bits per heavy atom. The second kappa shape index (κ2) is 4.13. The van der Waals surface area contributed by atoms with Gasteiger partial charge >= 0.3 is 0 Å². The van der Waals surface area contributed by atoms with Crippen LogP contribution in [0, 0.1) is 0 Å². The fraction of sp³-hybridized carbons (Fsp3) is 1.00.